The fourth-order valence-corrected chi connectivity index (χ4v) is 3.06. The molecule has 1 fully saturated rings. The summed E-state index contributed by atoms with van der Waals surface area (Å²) in [6.07, 6.45) is 2.94. The monoisotopic (exact) mass is 335 g/mol. The average molecular weight is 336 g/mol. The van der Waals surface area contributed by atoms with Crippen LogP contribution in [-0.2, 0) is 18.6 Å². The van der Waals surface area contributed by atoms with Crippen LogP contribution >= 0.6 is 10.7 Å². The third kappa shape index (κ3) is 4.66. The van der Waals surface area contributed by atoms with E-state index < -0.39 is 19.8 Å². The summed E-state index contributed by atoms with van der Waals surface area (Å²) in [4.78, 5) is 11.1. The van der Waals surface area contributed by atoms with Crippen LogP contribution in [0.3, 0.4) is 0 Å². The smallest absolute Gasteiger partial charge is 0.264 e. The summed E-state index contributed by atoms with van der Waals surface area (Å²) in [5.41, 5.74) is 0.189. The minimum Gasteiger partial charge on any atom is -0.378 e. The molecule has 8 heteroatoms. The number of carbonyl (C=O) groups excluding carboxylic acids is 1. The Balaban J connectivity index is 1.93. The first-order valence-corrected chi connectivity index (χ1v) is 8.83. The van der Waals surface area contributed by atoms with E-state index in [4.69, 9.17) is 15.4 Å². The molecular formula is C13H15ClFNO4S. The summed E-state index contributed by atoms with van der Waals surface area (Å²) in [7, 11) is 0.943. The van der Waals surface area contributed by atoms with Gasteiger partial charge in [-0.05, 0) is 37.5 Å². The van der Waals surface area contributed by atoms with Gasteiger partial charge in [-0.1, -0.05) is 0 Å². The van der Waals surface area contributed by atoms with Crippen molar-refractivity contribution in [3.63, 3.8) is 0 Å². The molecule has 1 aromatic carbocycles. The Kier molecular flexibility index (Phi) is 5.18. The molecule has 0 radical (unpaired) electrons. The minimum absolute atomic E-state index is 0.108. The molecule has 0 saturated carbocycles. The van der Waals surface area contributed by atoms with E-state index in [1.54, 1.807) is 0 Å². The molecule has 0 aliphatic carbocycles. The zero-order valence-electron chi connectivity index (χ0n) is 11.1. The number of benzene rings is 1. The average Bonchev–Trinajstić information content (AvgIpc) is 2.88. The fraction of sp³-hybridized carbons (Fsp3) is 0.462. The van der Waals surface area contributed by atoms with Crippen molar-refractivity contribution >= 4 is 31.3 Å². The minimum atomic E-state index is -4.13. The third-order valence-electron chi connectivity index (χ3n) is 3.20. The largest absolute Gasteiger partial charge is 0.378 e. The van der Waals surface area contributed by atoms with Crippen molar-refractivity contribution in [2.24, 2.45) is 0 Å². The summed E-state index contributed by atoms with van der Waals surface area (Å²) < 4.78 is 41.1. The van der Waals surface area contributed by atoms with Crippen LogP contribution in [0.5, 0.6) is 0 Å². The molecule has 1 N–H and O–H groups in total. The molecule has 1 saturated heterocycles. The Morgan fingerprint density at radius 2 is 2.24 bits per heavy atom. The maximum Gasteiger partial charge on any atom is 0.264 e. The number of nitrogens with one attached hydrogen (secondary N) is 1. The molecule has 2 rings (SSSR count). The quantitative estimate of drug-likeness (QED) is 0.840. The third-order valence-corrected chi connectivity index (χ3v) is 4.55. The van der Waals surface area contributed by atoms with Gasteiger partial charge in [0.15, 0.2) is 0 Å². The van der Waals surface area contributed by atoms with Gasteiger partial charge in [-0.3, -0.25) is 4.79 Å². The van der Waals surface area contributed by atoms with Gasteiger partial charge >= 0.3 is 0 Å². The molecule has 0 spiro atoms. The van der Waals surface area contributed by atoms with Gasteiger partial charge in [0.25, 0.3) is 9.05 Å². The van der Waals surface area contributed by atoms with Gasteiger partial charge in [0.2, 0.25) is 5.91 Å². The Morgan fingerprint density at radius 3 is 2.81 bits per heavy atom. The van der Waals surface area contributed by atoms with Gasteiger partial charge in [-0.2, -0.15) is 0 Å². The molecule has 1 aliphatic heterocycles. The molecule has 1 unspecified atom stereocenters. The van der Waals surface area contributed by atoms with Crippen molar-refractivity contribution in [1.29, 1.82) is 0 Å². The highest BCUT2D eigenvalue weighted by Gasteiger charge is 2.18. The van der Waals surface area contributed by atoms with Gasteiger partial charge in [-0.25, -0.2) is 12.8 Å². The standard InChI is InChI=1S/C13H15ClFNO4S/c14-21(18,19)12-5-3-9(8-11(12)15)16-13(17)6-4-10-2-1-7-20-10/h3,5,8,10H,1-2,4,6-7H2,(H,16,17). The number of carbonyl (C=O) groups is 1. The molecule has 1 heterocycles. The second-order valence-corrected chi connectivity index (χ2v) is 7.34. The van der Waals surface area contributed by atoms with Crippen LogP contribution in [0.2, 0.25) is 0 Å². The normalized spacial score (nSPS) is 18.7. The highest BCUT2D eigenvalue weighted by molar-refractivity contribution is 8.13. The topological polar surface area (TPSA) is 72.5 Å². The first-order chi connectivity index (χ1) is 9.86. The Hall–Kier alpha value is -1.18. The van der Waals surface area contributed by atoms with Crippen LogP contribution in [0.1, 0.15) is 25.7 Å². The summed E-state index contributed by atoms with van der Waals surface area (Å²) in [5.74, 6) is -1.27. The van der Waals surface area contributed by atoms with E-state index in [0.29, 0.717) is 6.42 Å². The number of amides is 1. The zero-order chi connectivity index (χ0) is 15.5. The first-order valence-electron chi connectivity index (χ1n) is 6.52. The van der Waals surface area contributed by atoms with Crippen LogP contribution in [-0.4, -0.2) is 27.0 Å². The lowest BCUT2D eigenvalue weighted by Crippen LogP contribution is -2.15. The van der Waals surface area contributed by atoms with Crippen LogP contribution in [0.15, 0.2) is 23.1 Å². The molecule has 1 aliphatic rings. The Labute approximate surface area is 126 Å². The maximum atomic E-state index is 13.6. The zero-order valence-corrected chi connectivity index (χ0v) is 12.7. The Bertz CT molecular complexity index is 629. The summed E-state index contributed by atoms with van der Waals surface area (Å²) in [6, 6.07) is 3.24. The molecule has 5 nitrogen and oxygen atoms in total. The van der Waals surface area contributed by atoms with Gasteiger partial charge in [0, 0.05) is 29.4 Å². The van der Waals surface area contributed by atoms with Crippen molar-refractivity contribution in [1.82, 2.24) is 0 Å². The predicted molar refractivity (Wildman–Crippen MR) is 76.3 cm³/mol. The Morgan fingerprint density at radius 1 is 1.48 bits per heavy atom. The van der Waals surface area contributed by atoms with E-state index in [1.807, 2.05) is 0 Å². The second kappa shape index (κ2) is 6.72. The molecule has 116 valence electrons. The van der Waals surface area contributed by atoms with Crippen molar-refractivity contribution in [3.05, 3.63) is 24.0 Å². The molecule has 0 bridgehead atoms. The SMILES string of the molecule is O=C(CCC1CCCO1)Nc1ccc(S(=O)(=O)Cl)c(F)c1. The molecule has 21 heavy (non-hydrogen) atoms. The second-order valence-electron chi connectivity index (χ2n) is 4.80. The number of hydrogen-bond acceptors (Lipinski definition) is 4. The van der Waals surface area contributed by atoms with Gasteiger partial charge in [0.05, 0.1) is 6.10 Å². The van der Waals surface area contributed by atoms with E-state index in [9.17, 15) is 17.6 Å². The molecular weight excluding hydrogens is 321 g/mol. The van der Waals surface area contributed by atoms with E-state index in [2.05, 4.69) is 5.32 Å². The molecule has 1 atom stereocenters. The van der Waals surface area contributed by atoms with Crippen molar-refractivity contribution in [2.75, 3.05) is 11.9 Å². The summed E-state index contributed by atoms with van der Waals surface area (Å²) >= 11 is 0. The van der Waals surface area contributed by atoms with Crippen LogP contribution in [0.4, 0.5) is 10.1 Å². The lowest BCUT2D eigenvalue weighted by Gasteiger charge is -2.10. The molecule has 0 aromatic heterocycles. The number of ether oxygens (including phenoxy) is 1. The first kappa shape index (κ1) is 16.2. The van der Waals surface area contributed by atoms with Crippen molar-refractivity contribution < 1.29 is 22.3 Å². The highest BCUT2D eigenvalue weighted by atomic mass is 35.7. The van der Waals surface area contributed by atoms with Crippen LogP contribution in [0.25, 0.3) is 0 Å². The van der Waals surface area contributed by atoms with Crippen molar-refractivity contribution in [2.45, 2.75) is 36.7 Å². The van der Waals surface area contributed by atoms with Crippen LogP contribution < -0.4 is 5.32 Å². The molecule has 1 amide bonds. The number of hydrogen-bond donors (Lipinski definition) is 1. The van der Waals surface area contributed by atoms with Gasteiger partial charge in [-0.15, -0.1) is 0 Å². The van der Waals surface area contributed by atoms with E-state index in [-0.39, 0.29) is 24.1 Å². The molecule has 1 aromatic rings. The summed E-state index contributed by atoms with van der Waals surface area (Å²) in [6.45, 7) is 0.728. The summed E-state index contributed by atoms with van der Waals surface area (Å²) in [5, 5.41) is 2.51. The number of anilines is 1. The van der Waals surface area contributed by atoms with Crippen molar-refractivity contribution in [3.8, 4) is 0 Å². The van der Waals surface area contributed by atoms with E-state index in [0.717, 1.165) is 31.6 Å². The number of halogens is 2. The van der Waals surface area contributed by atoms with E-state index >= 15 is 0 Å². The van der Waals surface area contributed by atoms with Crippen LogP contribution in [0, 0.1) is 5.82 Å². The van der Waals surface area contributed by atoms with Gasteiger partial charge in [0.1, 0.15) is 10.7 Å². The fourth-order valence-electron chi connectivity index (χ4n) is 2.16. The highest BCUT2D eigenvalue weighted by Crippen LogP contribution is 2.22. The van der Waals surface area contributed by atoms with E-state index in [1.165, 1.54) is 6.07 Å². The lowest BCUT2D eigenvalue weighted by atomic mass is 10.1. The van der Waals surface area contributed by atoms with Gasteiger partial charge < -0.3 is 10.1 Å². The number of rotatable bonds is 5. The maximum absolute atomic E-state index is 13.6. The predicted octanol–water partition coefficient (Wildman–Crippen LogP) is 2.65. The lowest BCUT2D eigenvalue weighted by molar-refractivity contribution is -0.116.